The third-order valence-electron chi connectivity index (χ3n) is 2.69. The molecule has 0 radical (unpaired) electrons. The molecule has 1 aliphatic heterocycles. The molecule has 0 bridgehead atoms. The first-order chi connectivity index (χ1) is 6.75. The molecule has 1 aromatic heterocycles. The molecular weight excluding hydrogens is 178 g/mol. The maximum absolute atomic E-state index is 5.47. The van der Waals surface area contributed by atoms with Crippen molar-refractivity contribution in [3.8, 4) is 0 Å². The van der Waals surface area contributed by atoms with E-state index in [1.165, 1.54) is 0 Å². The predicted octanol–water partition coefficient (Wildman–Crippen LogP) is 0.985. The molecule has 2 atom stereocenters. The first-order valence-corrected chi connectivity index (χ1v) is 5.11. The summed E-state index contributed by atoms with van der Waals surface area (Å²) in [6.07, 6.45) is 3.32. The van der Waals surface area contributed by atoms with Gasteiger partial charge in [-0.25, -0.2) is 4.98 Å². The zero-order valence-electron chi connectivity index (χ0n) is 8.71. The van der Waals surface area contributed by atoms with E-state index in [1.807, 2.05) is 13.1 Å². The number of H-pyrrole nitrogens is 1. The van der Waals surface area contributed by atoms with Crippen LogP contribution in [0.1, 0.15) is 24.9 Å². The Bertz CT molecular complexity index is 297. The number of hydrogen-bond acceptors (Lipinski definition) is 3. The molecule has 1 aliphatic rings. The molecule has 1 aromatic rings. The molecule has 14 heavy (non-hydrogen) atoms. The lowest BCUT2D eigenvalue weighted by atomic mass is 10.1. The van der Waals surface area contributed by atoms with E-state index in [1.54, 1.807) is 0 Å². The minimum atomic E-state index is 0.332. The second-order valence-electron chi connectivity index (χ2n) is 3.85. The Morgan fingerprint density at radius 1 is 1.71 bits per heavy atom. The molecule has 4 nitrogen and oxygen atoms in total. The van der Waals surface area contributed by atoms with Crippen LogP contribution in [0.5, 0.6) is 0 Å². The van der Waals surface area contributed by atoms with Crippen LogP contribution in [-0.2, 0) is 11.3 Å². The second-order valence-corrected chi connectivity index (χ2v) is 3.85. The fourth-order valence-corrected chi connectivity index (χ4v) is 1.80. The largest absolute Gasteiger partial charge is 0.377 e. The van der Waals surface area contributed by atoms with Gasteiger partial charge in [0, 0.05) is 31.1 Å². The minimum absolute atomic E-state index is 0.332. The Morgan fingerprint density at radius 3 is 3.14 bits per heavy atom. The molecule has 2 rings (SSSR count). The van der Waals surface area contributed by atoms with Crippen molar-refractivity contribution in [3.05, 3.63) is 17.7 Å². The van der Waals surface area contributed by atoms with Crippen molar-refractivity contribution in [1.29, 1.82) is 0 Å². The second kappa shape index (κ2) is 4.11. The molecule has 1 fully saturated rings. The molecule has 1 saturated heterocycles. The van der Waals surface area contributed by atoms with E-state index in [-0.39, 0.29) is 0 Å². The highest BCUT2D eigenvalue weighted by Gasteiger charge is 2.23. The highest BCUT2D eigenvalue weighted by Crippen LogP contribution is 2.12. The number of rotatable bonds is 3. The summed E-state index contributed by atoms with van der Waals surface area (Å²) < 4.78 is 5.47. The van der Waals surface area contributed by atoms with Crippen molar-refractivity contribution >= 4 is 0 Å². The van der Waals surface area contributed by atoms with Gasteiger partial charge in [-0.05, 0) is 20.3 Å². The van der Waals surface area contributed by atoms with Gasteiger partial charge < -0.3 is 15.0 Å². The summed E-state index contributed by atoms with van der Waals surface area (Å²) in [4.78, 5) is 7.35. The van der Waals surface area contributed by atoms with Crippen molar-refractivity contribution in [3.63, 3.8) is 0 Å². The Kier molecular flexibility index (Phi) is 2.84. The Labute approximate surface area is 84.1 Å². The highest BCUT2D eigenvalue weighted by molar-refractivity contribution is 5.00. The Balaban J connectivity index is 1.82. The number of aryl methyl sites for hydroxylation is 1. The topological polar surface area (TPSA) is 49.9 Å². The third kappa shape index (κ3) is 2.13. The predicted molar refractivity (Wildman–Crippen MR) is 54.0 cm³/mol. The van der Waals surface area contributed by atoms with E-state index in [0.29, 0.717) is 12.1 Å². The summed E-state index contributed by atoms with van der Waals surface area (Å²) in [7, 11) is 0. The van der Waals surface area contributed by atoms with Crippen LogP contribution in [0.15, 0.2) is 6.20 Å². The number of hydrogen-bond donors (Lipinski definition) is 2. The monoisotopic (exact) mass is 195 g/mol. The molecule has 0 aromatic carbocycles. The van der Waals surface area contributed by atoms with Crippen molar-refractivity contribution < 1.29 is 4.74 Å². The lowest BCUT2D eigenvalue weighted by Crippen LogP contribution is -2.34. The Morgan fingerprint density at radius 2 is 2.57 bits per heavy atom. The van der Waals surface area contributed by atoms with Crippen LogP contribution in [-0.4, -0.2) is 28.7 Å². The fraction of sp³-hybridized carbons (Fsp3) is 0.700. The number of imidazole rings is 1. The lowest BCUT2D eigenvalue weighted by Gasteiger charge is -2.14. The van der Waals surface area contributed by atoms with E-state index in [9.17, 15) is 0 Å². The van der Waals surface area contributed by atoms with Crippen LogP contribution in [0.25, 0.3) is 0 Å². The van der Waals surface area contributed by atoms with Crippen molar-refractivity contribution in [2.75, 3.05) is 6.61 Å². The first-order valence-electron chi connectivity index (χ1n) is 5.11. The van der Waals surface area contributed by atoms with Crippen LogP contribution in [0.3, 0.4) is 0 Å². The van der Waals surface area contributed by atoms with E-state index < -0.39 is 0 Å². The molecule has 0 aliphatic carbocycles. The van der Waals surface area contributed by atoms with Gasteiger partial charge in [0.25, 0.3) is 0 Å². The third-order valence-corrected chi connectivity index (χ3v) is 2.69. The van der Waals surface area contributed by atoms with Gasteiger partial charge in [-0.3, -0.25) is 0 Å². The van der Waals surface area contributed by atoms with Crippen LogP contribution < -0.4 is 5.32 Å². The van der Waals surface area contributed by atoms with Gasteiger partial charge in [-0.2, -0.15) is 0 Å². The Hall–Kier alpha value is -0.870. The van der Waals surface area contributed by atoms with Gasteiger partial charge >= 0.3 is 0 Å². The molecule has 4 heteroatoms. The molecule has 78 valence electrons. The number of aromatic amines is 1. The molecule has 0 saturated carbocycles. The summed E-state index contributed by atoms with van der Waals surface area (Å²) in [6.45, 7) is 5.80. The number of nitrogens with zero attached hydrogens (tertiary/aromatic N) is 1. The standard InChI is InChI=1S/C10H17N3O/c1-7-10(3-4-14-7)12-6-9-5-11-8(2)13-9/h5,7,10,12H,3-4,6H2,1-2H3,(H,11,13). The molecule has 2 heterocycles. The highest BCUT2D eigenvalue weighted by atomic mass is 16.5. The number of nitrogens with one attached hydrogen (secondary N) is 2. The maximum atomic E-state index is 5.47. The SMILES string of the molecule is Cc1ncc(CNC2CCOC2C)[nH]1. The van der Waals surface area contributed by atoms with Gasteiger partial charge in [-0.15, -0.1) is 0 Å². The van der Waals surface area contributed by atoms with Crippen molar-refractivity contribution in [1.82, 2.24) is 15.3 Å². The van der Waals surface area contributed by atoms with Gasteiger partial charge in [0.2, 0.25) is 0 Å². The minimum Gasteiger partial charge on any atom is -0.377 e. The summed E-state index contributed by atoms with van der Waals surface area (Å²) in [6, 6.07) is 0.485. The zero-order chi connectivity index (χ0) is 9.97. The smallest absolute Gasteiger partial charge is 0.103 e. The molecular formula is C10H17N3O. The van der Waals surface area contributed by atoms with E-state index in [4.69, 9.17) is 4.74 Å². The van der Waals surface area contributed by atoms with Crippen LogP contribution in [0.4, 0.5) is 0 Å². The number of ether oxygens (including phenoxy) is 1. The lowest BCUT2D eigenvalue weighted by molar-refractivity contribution is 0.113. The van der Waals surface area contributed by atoms with Gasteiger partial charge in [-0.1, -0.05) is 0 Å². The zero-order valence-corrected chi connectivity index (χ0v) is 8.71. The van der Waals surface area contributed by atoms with Crippen LogP contribution >= 0.6 is 0 Å². The normalized spacial score (nSPS) is 27.0. The van der Waals surface area contributed by atoms with E-state index in [2.05, 4.69) is 22.2 Å². The summed E-state index contributed by atoms with van der Waals surface area (Å²) >= 11 is 0. The summed E-state index contributed by atoms with van der Waals surface area (Å²) in [5.74, 6) is 0.970. The van der Waals surface area contributed by atoms with Crippen LogP contribution in [0.2, 0.25) is 0 Å². The maximum Gasteiger partial charge on any atom is 0.103 e. The fourth-order valence-electron chi connectivity index (χ4n) is 1.80. The van der Waals surface area contributed by atoms with Gasteiger partial charge in [0.05, 0.1) is 6.10 Å². The van der Waals surface area contributed by atoms with E-state index >= 15 is 0 Å². The van der Waals surface area contributed by atoms with Crippen LogP contribution in [0, 0.1) is 6.92 Å². The average molecular weight is 195 g/mol. The van der Waals surface area contributed by atoms with Gasteiger partial charge in [0.15, 0.2) is 0 Å². The molecule has 2 unspecified atom stereocenters. The van der Waals surface area contributed by atoms with E-state index in [0.717, 1.165) is 31.1 Å². The summed E-state index contributed by atoms with van der Waals surface area (Å²) in [5.41, 5.74) is 1.14. The van der Waals surface area contributed by atoms with Crippen molar-refractivity contribution in [2.45, 2.75) is 39.0 Å². The number of aromatic nitrogens is 2. The van der Waals surface area contributed by atoms with Crippen molar-refractivity contribution in [2.24, 2.45) is 0 Å². The molecule has 0 amide bonds. The molecule has 0 spiro atoms. The quantitative estimate of drug-likeness (QED) is 0.756. The first kappa shape index (κ1) is 9.68. The average Bonchev–Trinajstić information content (AvgIpc) is 2.72. The van der Waals surface area contributed by atoms with Gasteiger partial charge in [0.1, 0.15) is 5.82 Å². The summed E-state index contributed by atoms with van der Waals surface area (Å²) in [5, 5.41) is 3.46. The molecule has 2 N–H and O–H groups in total.